The summed E-state index contributed by atoms with van der Waals surface area (Å²) in [6.45, 7) is 6.85. The van der Waals surface area contributed by atoms with E-state index in [4.69, 9.17) is 4.42 Å². The van der Waals surface area contributed by atoms with Crippen molar-refractivity contribution in [3.8, 4) is 0 Å². The van der Waals surface area contributed by atoms with Gasteiger partial charge in [-0.1, -0.05) is 6.92 Å². The third kappa shape index (κ3) is 4.05. The Kier molecular flexibility index (Phi) is 4.92. The molecule has 0 radical (unpaired) electrons. The van der Waals surface area contributed by atoms with Crippen LogP contribution in [0, 0.1) is 13.8 Å². The van der Waals surface area contributed by atoms with Crippen molar-refractivity contribution >= 4 is 11.6 Å². The molecule has 2 heterocycles. The summed E-state index contributed by atoms with van der Waals surface area (Å²) in [7, 11) is 0. The van der Waals surface area contributed by atoms with Gasteiger partial charge in [-0.05, 0) is 26.3 Å². The lowest BCUT2D eigenvalue weighted by molar-refractivity contribution is 0.0947. The second-order valence-electron chi connectivity index (χ2n) is 4.85. The van der Waals surface area contributed by atoms with E-state index in [1.807, 2.05) is 19.9 Å². The molecule has 2 aromatic rings. The Morgan fingerprint density at radius 2 is 2.10 bits per heavy atom. The number of aryl methyl sites for hydroxylation is 2. The van der Waals surface area contributed by atoms with Gasteiger partial charge in [-0.25, -0.2) is 4.98 Å². The highest BCUT2D eigenvalue weighted by Gasteiger charge is 2.13. The standard InChI is InChI=1S/C15H20N4O2/c1-4-5-16-13-6-10(2)17-8-12(13)15(20)19-9-14-18-7-11(3)21-14/h6-8H,4-5,9H2,1-3H3,(H,16,17)(H,19,20). The van der Waals surface area contributed by atoms with Crippen LogP contribution in [0.15, 0.2) is 22.9 Å². The van der Waals surface area contributed by atoms with E-state index in [2.05, 4.69) is 27.5 Å². The van der Waals surface area contributed by atoms with Gasteiger partial charge in [0.1, 0.15) is 5.76 Å². The molecule has 2 rings (SSSR count). The largest absolute Gasteiger partial charge is 0.444 e. The average molecular weight is 288 g/mol. The molecule has 2 aromatic heterocycles. The normalized spacial score (nSPS) is 10.4. The number of nitrogens with zero attached hydrogens (tertiary/aromatic N) is 2. The van der Waals surface area contributed by atoms with E-state index in [0.717, 1.165) is 30.1 Å². The van der Waals surface area contributed by atoms with Crippen LogP contribution < -0.4 is 10.6 Å². The molecular formula is C15H20N4O2. The molecule has 0 unspecified atom stereocenters. The molecule has 112 valence electrons. The van der Waals surface area contributed by atoms with Crippen LogP contribution >= 0.6 is 0 Å². The predicted molar refractivity (Wildman–Crippen MR) is 80.2 cm³/mol. The molecule has 0 aromatic carbocycles. The highest BCUT2D eigenvalue weighted by Crippen LogP contribution is 2.16. The van der Waals surface area contributed by atoms with Crippen molar-refractivity contribution in [3.63, 3.8) is 0 Å². The van der Waals surface area contributed by atoms with Gasteiger partial charge in [0.25, 0.3) is 5.91 Å². The topological polar surface area (TPSA) is 80.0 Å². The van der Waals surface area contributed by atoms with Gasteiger partial charge in [0.15, 0.2) is 0 Å². The summed E-state index contributed by atoms with van der Waals surface area (Å²) in [6.07, 6.45) is 4.20. The van der Waals surface area contributed by atoms with Crippen LogP contribution in [0.3, 0.4) is 0 Å². The molecule has 0 saturated carbocycles. The fourth-order valence-electron chi connectivity index (χ4n) is 1.88. The Morgan fingerprint density at radius 1 is 1.29 bits per heavy atom. The van der Waals surface area contributed by atoms with Crippen molar-refractivity contribution in [1.82, 2.24) is 15.3 Å². The Bertz CT molecular complexity index is 622. The van der Waals surface area contributed by atoms with Crippen LogP contribution in [-0.2, 0) is 6.54 Å². The van der Waals surface area contributed by atoms with Gasteiger partial charge in [0.05, 0.1) is 24.0 Å². The Labute approximate surface area is 124 Å². The molecule has 0 saturated heterocycles. The van der Waals surface area contributed by atoms with Gasteiger partial charge in [-0.2, -0.15) is 0 Å². The molecule has 0 fully saturated rings. The maximum Gasteiger partial charge on any atom is 0.255 e. The molecule has 0 aliphatic rings. The molecule has 1 amide bonds. The number of carbonyl (C=O) groups excluding carboxylic acids is 1. The number of aromatic nitrogens is 2. The first-order chi connectivity index (χ1) is 10.1. The second kappa shape index (κ2) is 6.88. The number of nitrogens with one attached hydrogen (secondary N) is 2. The van der Waals surface area contributed by atoms with E-state index in [1.54, 1.807) is 12.4 Å². The van der Waals surface area contributed by atoms with Crippen molar-refractivity contribution in [2.24, 2.45) is 0 Å². The first kappa shape index (κ1) is 15.0. The van der Waals surface area contributed by atoms with Crippen molar-refractivity contribution in [2.75, 3.05) is 11.9 Å². The summed E-state index contributed by atoms with van der Waals surface area (Å²) < 4.78 is 5.33. The van der Waals surface area contributed by atoms with Crippen LogP contribution in [0.1, 0.15) is 41.0 Å². The zero-order valence-electron chi connectivity index (χ0n) is 12.6. The maximum atomic E-state index is 12.3. The summed E-state index contributed by atoms with van der Waals surface area (Å²) in [6, 6.07) is 1.87. The highest BCUT2D eigenvalue weighted by molar-refractivity contribution is 5.99. The van der Waals surface area contributed by atoms with Crippen molar-refractivity contribution in [3.05, 3.63) is 41.4 Å². The van der Waals surface area contributed by atoms with E-state index >= 15 is 0 Å². The molecule has 21 heavy (non-hydrogen) atoms. The zero-order chi connectivity index (χ0) is 15.2. The molecule has 0 bridgehead atoms. The number of oxazole rings is 1. The Balaban J connectivity index is 2.07. The average Bonchev–Trinajstić information content (AvgIpc) is 2.88. The minimum atomic E-state index is -0.197. The number of pyridine rings is 1. The monoisotopic (exact) mass is 288 g/mol. The molecule has 0 aliphatic carbocycles. The second-order valence-corrected chi connectivity index (χ2v) is 4.85. The molecular weight excluding hydrogens is 268 g/mol. The third-order valence-corrected chi connectivity index (χ3v) is 2.92. The lowest BCUT2D eigenvalue weighted by Crippen LogP contribution is -2.24. The fourth-order valence-corrected chi connectivity index (χ4v) is 1.88. The first-order valence-corrected chi connectivity index (χ1v) is 7.00. The van der Waals surface area contributed by atoms with Crippen molar-refractivity contribution < 1.29 is 9.21 Å². The van der Waals surface area contributed by atoms with Crippen LogP contribution in [0.25, 0.3) is 0 Å². The summed E-state index contributed by atoms with van der Waals surface area (Å²) in [5.74, 6) is 1.02. The van der Waals surface area contributed by atoms with E-state index in [1.165, 1.54) is 0 Å². The summed E-state index contributed by atoms with van der Waals surface area (Å²) in [4.78, 5) is 20.5. The predicted octanol–water partition coefficient (Wildman–Crippen LogP) is 2.44. The van der Waals surface area contributed by atoms with Crippen LogP contribution in [0.5, 0.6) is 0 Å². The quantitative estimate of drug-likeness (QED) is 0.853. The molecule has 2 N–H and O–H groups in total. The van der Waals surface area contributed by atoms with Gasteiger partial charge in [-0.3, -0.25) is 9.78 Å². The minimum Gasteiger partial charge on any atom is -0.444 e. The van der Waals surface area contributed by atoms with Crippen LogP contribution in [0.2, 0.25) is 0 Å². The molecule has 6 heteroatoms. The number of amides is 1. The molecule has 0 atom stereocenters. The number of carbonyl (C=O) groups is 1. The summed E-state index contributed by atoms with van der Waals surface area (Å²) >= 11 is 0. The van der Waals surface area contributed by atoms with Gasteiger partial charge in [0.2, 0.25) is 5.89 Å². The van der Waals surface area contributed by atoms with Gasteiger partial charge >= 0.3 is 0 Å². The van der Waals surface area contributed by atoms with Crippen LogP contribution in [0.4, 0.5) is 5.69 Å². The van der Waals surface area contributed by atoms with Crippen molar-refractivity contribution in [2.45, 2.75) is 33.7 Å². The lowest BCUT2D eigenvalue weighted by Gasteiger charge is -2.11. The number of rotatable bonds is 6. The van der Waals surface area contributed by atoms with Crippen molar-refractivity contribution in [1.29, 1.82) is 0 Å². The molecule has 0 aliphatic heterocycles. The van der Waals surface area contributed by atoms with E-state index in [0.29, 0.717) is 11.5 Å². The molecule has 0 spiro atoms. The lowest BCUT2D eigenvalue weighted by atomic mass is 10.2. The molecule has 6 nitrogen and oxygen atoms in total. The van der Waals surface area contributed by atoms with E-state index in [9.17, 15) is 4.79 Å². The maximum absolute atomic E-state index is 12.3. The Morgan fingerprint density at radius 3 is 2.76 bits per heavy atom. The van der Waals surface area contributed by atoms with Gasteiger partial charge < -0.3 is 15.1 Å². The number of anilines is 1. The Hall–Kier alpha value is -2.37. The smallest absolute Gasteiger partial charge is 0.255 e. The summed E-state index contributed by atoms with van der Waals surface area (Å²) in [5.41, 5.74) is 2.19. The third-order valence-electron chi connectivity index (χ3n) is 2.92. The fraction of sp³-hybridized carbons (Fsp3) is 0.400. The van der Waals surface area contributed by atoms with E-state index < -0.39 is 0 Å². The van der Waals surface area contributed by atoms with Crippen LogP contribution in [-0.4, -0.2) is 22.4 Å². The minimum absolute atomic E-state index is 0.197. The number of hydrogen-bond acceptors (Lipinski definition) is 5. The summed E-state index contributed by atoms with van der Waals surface area (Å²) in [5, 5.41) is 6.04. The number of hydrogen-bond donors (Lipinski definition) is 2. The van der Waals surface area contributed by atoms with Gasteiger partial charge in [0, 0.05) is 18.4 Å². The highest BCUT2D eigenvalue weighted by atomic mass is 16.4. The van der Waals surface area contributed by atoms with E-state index in [-0.39, 0.29) is 12.5 Å². The zero-order valence-corrected chi connectivity index (χ0v) is 12.6. The SMILES string of the molecule is CCCNc1cc(C)ncc1C(=O)NCc1ncc(C)o1. The first-order valence-electron chi connectivity index (χ1n) is 7.00. The van der Waals surface area contributed by atoms with Gasteiger partial charge in [-0.15, -0.1) is 0 Å².